The van der Waals surface area contributed by atoms with E-state index in [-0.39, 0.29) is 11.8 Å². The molecular weight excluding hydrogens is 398 g/mol. The SMILES string of the molecule is CC(C)C(NC(=O)C1CCCN1)C(=O)NC(C(=O)NC(CC(N)=O)C(=O)O)C(C)O. The molecule has 1 fully saturated rings. The van der Waals surface area contributed by atoms with Crippen molar-refractivity contribution in [2.24, 2.45) is 11.7 Å². The third-order valence-electron chi connectivity index (χ3n) is 4.71. The van der Waals surface area contributed by atoms with E-state index < -0.39 is 60.4 Å². The van der Waals surface area contributed by atoms with E-state index in [0.717, 1.165) is 6.42 Å². The van der Waals surface area contributed by atoms with Gasteiger partial charge in [0.1, 0.15) is 18.1 Å². The number of hydrogen-bond donors (Lipinski definition) is 7. The summed E-state index contributed by atoms with van der Waals surface area (Å²) in [6.45, 7) is 5.35. The number of hydrogen-bond acceptors (Lipinski definition) is 7. The molecule has 30 heavy (non-hydrogen) atoms. The van der Waals surface area contributed by atoms with Gasteiger partial charge < -0.3 is 37.2 Å². The number of rotatable bonds is 11. The van der Waals surface area contributed by atoms with Gasteiger partial charge in [-0.05, 0) is 32.2 Å². The number of amides is 4. The van der Waals surface area contributed by atoms with Crippen LogP contribution >= 0.6 is 0 Å². The molecule has 170 valence electrons. The fourth-order valence-electron chi connectivity index (χ4n) is 3.01. The fourth-order valence-corrected chi connectivity index (χ4v) is 3.01. The maximum absolute atomic E-state index is 12.7. The maximum Gasteiger partial charge on any atom is 0.326 e. The molecule has 1 saturated heterocycles. The molecule has 0 bridgehead atoms. The minimum Gasteiger partial charge on any atom is -0.480 e. The smallest absolute Gasteiger partial charge is 0.326 e. The zero-order valence-corrected chi connectivity index (χ0v) is 17.3. The topological polar surface area (TPSA) is 200 Å². The Balaban J connectivity index is 2.85. The van der Waals surface area contributed by atoms with Gasteiger partial charge in [0.15, 0.2) is 0 Å². The molecule has 0 aromatic carbocycles. The van der Waals surface area contributed by atoms with Gasteiger partial charge in [0, 0.05) is 0 Å². The maximum atomic E-state index is 12.7. The minimum atomic E-state index is -1.61. The number of nitrogens with two attached hydrogens (primary N) is 1. The van der Waals surface area contributed by atoms with E-state index in [2.05, 4.69) is 21.3 Å². The summed E-state index contributed by atoms with van der Waals surface area (Å²) in [5.41, 5.74) is 4.98. The molecular formula is C18H31N5O7. The Hall–Kier alpha value is -2.73. The van der Waals surface area contributed by atoms with Crippen LogP contribution in [0.3, 0.4) is 0 Å². The third-order valence-corrected chi connectivity index (χ3v) is 4.71. The third kappa shape index (κ3) is 7.59. The Morgan fingerprint density at radius 1 is 1.03 bits per heavy atom. The minimum absolute atomic E-state index is 0.324. The molecule has 12 heteroatoms. The summed E-state index contributed by atoms with van der Waals surface area (Å²) in [7, 11) is 0. The first-order chi connectivity index (χ1) is 13.9. The molecule has 4 amide bonds. The highest BCUT2D eigenvalue weighted by Gasteiger charge is 2.34. The molecule has 1 aliphatic heterocycles. The number of aliphatic hydroxyl groups excluding tert-OH is 1. The normalized spacial score (nSPS) is 20.0. The molecule has 1 heterocycles. The van der Waals surface area contributed by atoms with E-state index in [1.165, 1.54) is 6.92 Å². The van der Waals surface area contributed by atoms with Crippen molar-refractivity contribution in [3.8, 4) is 0 Å². The van der Waals surface area contributed by atoms with Crippen molar-refractivity contribution in [1.82, 2.24) is 21.3 Å². The molecule has 8 N–H and O–H groups in total. The summed E-state index contributed by atoms with van der Waals surface area (Å²) >= 11 is 0. The summed E-state index contributed by atoms with van der Waals surface area (Å²) < 4.78 is 0. The average molecular weight is 429 g/mol. The highest BCUT2D eigenvalue weighted by Crippen LogP contribution is 2.09. The number of aliphatic carboxylic acids is 1. The summed E-state index contributed by atoms with van der Waals surface area (Å²) in [6.07, 6.45) is -0.540. The largest absolute Gasteiger partial charge is 0.480 e. The van der Waals surface area contributed by atoms with E-state index in [1.54, 1.807) is 13.8 Å². The number of carbonyl (C=O) groups is 5. The van der Waals surface area contributed by atoms with Gasteiger partial charge in [-0.2, -0.15) is 0 Å². The lowest BCUT2D eigenvalue weighted by Crippen LogP contribution is -2.60. The van der Waals surface area contributed by atoms with Crippen LogP contribution in [0.2, 0.25) is 0 Å². The van der Waals surface area contributed by atoms with Crippen LogP contribution in [-0.2, 0) is 24.0 Å². The predicted molar refractivity (Wildman–Crippen MR) is 105 cm³/mol. The summed E-state index contributed by atoms with van der Waals surface area (Å²) in [4.78, 5) is 59.7. The van der Waals surface area contributed by atoms with Gasteiger partial charge in [0.25, 0.3) is 0 Å². The first-order valence-electron chi connectivity index (χ1n) is 9.77. The summed E-state index contributed by atoms with van der Waals surface area (Å²) in [5, 5.41) is 29.1. The molecule has 5 atom stereocenters. The number of aliphatic hydroxyl groups is 1. The molecule has 1 rings (SSSR count). The van der Waals surface area contributed by atoms with Crippen LogP contribution in [0.5, 0.6) is 0 Å². The van der Waals surface area contributed by atoms with Gasteiger partial charge in [-0.1, -0.05) is 13.8 Å². The second-order valence-electron chi connectivity index (χ2n) is 7.68. The molecule has 0 aromatic heterocycles. The van der Waals surface area contributed by atoms with Crippen LogP contribution in [0.25, 0.3) is 0 Å². The molecule has 0 spiro atoms. The Kier molecular flexibility index (Phi) is 9.66. The van der Waals surface area contributed by atoms with Gasteiger partial charge in [-0.3, -0.25) is 19.2 Å². The van der Waals surface area contributed by atoms with E-state index in [9.17, 15) is 29.1 Å². The fraction of sp³-hybridized carbons (Fsp3) is 0.722. The van der Waals surface area contributed by atoms with E-state index >= 15 is 0 Å². The van der Waals surface area contributed by atoms with Crippen molar-refractivity contribution in [2.75, 3.05) is 6.54 Å². The molecule has 5 unspecified atom stereocenters. The Morgan fingerprint density at radius 2 is 1.63 bits per heavy atom. The van der Waals surface area contributed by atoms with Gasteiger partial charge >= 0.3 is 5.97 Å². The monoisotopic (exact) mass is 429 g/mol. The molecule has 12 nitrogen and oxygen atoms in total. The van der Waals surface area contributed by atoms with Crippen molar-refractivity contribution in [3.05, 3.63) is 0 Å². The molecule has 1 aliphatic rings. The molecule has 0 saturated carbocycles. The molecule has 0 aromatic rings. The summed E-state index contributed by atoms with van der Waals surface area (Å²) in [5.74, 6) is -4.81. The first kappa shape index (κ1) is 25.3. The average Bonchev–Trinajstić information content (AvgIpc) is 3.16. The first-order valence-corrected chi connectivity index (χ1v) is 9.77. The van der Waals surface area contributed by atoms with Gasteiger partial charge in [0.05, 0.1) is 18.6 Å². The van der Waals surface area contributed by atoms with Crippen LogP contribution in [-0.4, -0.2) is 76.6 Å². The predicted octanol–water partition coefficient (Wildman–Crippen LogP) is -2.81. The highest BCUT2D eigenvalue weighted by molar-refractivity contribution is 5.95. The zero-order chi connectivity index (χ0) is 23.0. The van der Waals surface area contributed by atoms with E-state index in [0.29, 0.717) is 13.0 Å². The van der Waals surface area contributed by atoms with Gasteiger partial charge in [-0.25, -0.2) is 4.79 Å². The standard InChI is InChI=1S/C18H31N5O7/c1-8(2)13(22-15(26)10-5-4-6-20-10)16(27)23-14(9(3)24)17(28)21-11(18(29)30)7-12(19)25/h8-11,13-14,20,24H,4-7H2,1-3H3,(H2,19,25)(H,21,28)(H,22,26)(H,23,27)(H,29,30). The van der Waals surface area contributed by atoms with Crippen LogP contribution in [0.1, 0.15) is 40.0 Å². The van der Waals surface area contributed by atoms with Crippen molar-refractivity contribution in [2.45, 2.75) is 70.3 Å². The van der Waals surface area contributed by atoms with E-state index in [4.69, 9.17) is 10.8 Å². The Bertz CT molecular complexity index is 661. The summed E-state index contributed by atoms with van der Waals surface area (Å²) in [6, 6.07) is -4.49. The highest BCUT2D eigenvalue weighted by atomic mass is 16.4. The van der Waals surface area contributed by atoms with Crippen LogP contribution in [0.4, 0.5) is 0 Å². The number of carboxylic acid groups (broad SMARTS) is 1. The van der Waals surface area contributed by atoms with Crippen LogP contribution < -0.4 is 27.0 Å². The van der Waals surface area contributed by atoms with Gasteiger partial charge in [-0.15, -0.1) is 0 Å². The van der Waals surface area contributed by atoms with Crippen molar-refractivity contribution >= 4 is 29.6 Å². The van der Waals surface area contributed by atoms with Crippen molar-refractivity contribution in [1.29, 1.82) is 0 Å². The molecule has 0 aliphatic carbocycles. The van der Waals surface area contributed by atoms with Crippen LogP contribution in [0.15, 0.2) is 0 Å². The lowest BCUT2D eigenvalue weighted by Gasteiger charge is -2.28. The van der Waals surface area contributed by atoms with Crippen molar-refractivity contribution < 1.29 is 34.2 Å². The van der Waals surface area contributed by atoms with Crippen LogP contribution in [0, 0.1) is 5.92 Å². The van der Waals surface area contributed by atoms with E-state index in [1.807, 2.05) is 0 Å². The number of nitrogens with one attached hydrogen (secondary N) is 4. The number of carboxylic acids is 1. The second kappa shape index (κ2) is 11.5. The number of carbonyl (C=O) groups excluding carboxylic acids is 4. The Morgan fingerprint density at radius 3 is 2.07 bits per heavy atom. The van der Waals surface area contributed by atoms with Crippen molar-refractivity contribution in [3.63, 3.8) is 0 Å². The van der Waals surface area contributed by atoms with Gasteiger partial charge in [0.2, 0.25) is 23.6 Å². The lowest BCUT2D eigenvalue weighted by atomic mass is 10.0. The zero-order valence-electron chi connectivity index (χ0n) is 17.3. The molecule has 0 radical (unpaired) electrons. The number of primary amides is 1. The quantitative estimate of drug-likeness (QED) is 0.182. The lowest BCUT2D eigenvalue weighted by molar-refractivity contribution is -0.144. The Labute approximate surface area is 174 Å². The second-order valence-corrected chi connectivity index (χ2v) is 7.68.